The van der Waals surface area contributed by atoms with Crippen LogP contribution in [0.1, 0.15) is 24.0 Å². The van der Waals surface area contributed by atoms with Crippen molar-refractivity contribution in [3.8, 4) is 5.75 Å². The molecule has 0 saturated carbocycles. The van der Waals surface area contributed by atoms with Crippen LogP contribution in [0.2, 0.25) is 0 Å². The second-order valence-corrected chi connectivity index (χ2v) is 4.37. The van der Waals surface area contributed by atoms with E-state index in [1.54, 1.807) is 12.1 Å². The van der Waals surface area contributed by atoms with E-state index in [1.165, 1.54) is 0 Å². The maximum absolute atomic E-state index is 12.0. The highest BCUT2D eigenvalue weighted by Crippen LogP contribution is 2.19. The van der Waals surface area contributed by atoms with E-state index in [4.69, 9.17) is 4.74 Å². The SMILES string of the molecule is Cc1cccc([C@@H](C)C(=O)Oc2ccccc2)c1. The molecule has 2 aromatic rings. The van der Waals surface area contributed by atoms with Crippen LogP contribution in [0.4, 0.5) is 0 Å². The Balaban J connectivity index is 2.10. The van der Waals surface area contributed by atoms with Crippen LogP contribution >= 0.6 is 0 Å². The van der Waals surface area contributed by atoms with E-state index in [-0.39, 0.29) is 11.9 Å². The van der Waals surface area contributed by atoms with Crippen molar-refractivity contribution in [1.82, 2.24) is 0 Å². The standard InChI is InChI=1S/C16H16O2/c1-12-7-6-8-14(11-12)13(2)16(17)18-15-9-4-3-5-10-15/h3-11,13H,1-2H3/t13-/m1/s1. The fourth-order valence-electron chi connectivity index (χ4n) is 1.77. The first-order chi connectivity index (χ1) is 8.66. The third kappa shape index (κ3) is 2.98. The maximum Gasteiger partial charge on any atom is 0.318 e. The van der Waals surface area contributed by atoms with Gasteiger partial charge in [-0.2, -0.15) is 0 Å². The van der Waals surface area contributed by atoms with Crippen LogP contribution in [0.25, 0.3) is 0 Å². The van der Waals surface area contributed by atoms with Crippen LogP contribution in [0.3, 0.4) is 0 Å². The molecule has 0 unspecified atom stereocenters. The first kappa shape index (κ1) is 12.4. The van der Waals surface area contributed by atoms with Gasteiger partial charge in [0.15, 0.2) is 0 Å². The summed E-state index contributed by atoms with van der Waals surface area (Å²) in [6, 6.07) is 17.1. The van der Waals surface area contributed by atoms with Crippen molar-refractivity contribution in [3.05, 3.63) is 65.7 Å². The van der Waals surface area contributed by atoms with Gasteiger partial charge in [0.05, 0.1) is 5.92 Å². The van der Waals surface area contributed by atoms with Gasteiger partial charge in [-0.05, 0) is 31.5 Å². The molecule has 0 aliphatic heterocycles. The summed E-state index contributed by atoms with van der Waals surface area (Å²) in [6.45, 7) is 3.87. The lowest BCUT2D eigenvalue weighted by atomic mass is 10.00. The van der Waals surface area contributed by atoms with Crippen LogP contribution in [0.5, 0.6) is 5.75 Å². The zero-order valence-electron chi connectivity index (χ0n) is 10.6. The summed E-state index contributed by atoms with van der Waals surface area (Å²) >= 11 is 0. The van der Waals surface area contributed by atoms with Gasteiger partial charge in [-0.25, -0.2) is 0 Å². The summed E-state index contributed by atoms with van der Waals surface area (Å²) < 4.78 is 5.33. The number of hydrogen-bond acceptors (Lipinski definition) is 2. The monoisotopic (exact) mass is 240 g/mol. The zero-order valence-corrected chi connectivity index (χ0v) is 10.6. The molecule has 2 rings (SSSR count). The topological polar surface area (TPSA) is 26.3 Å². The highest BCUT2D eigenvalue weighted by molar-refractivity contribution is 5.79. The molecule has 0 amide bonds. The van der Waals surface area contributed by atoms with Gasteiger partial charge in [0.1, 0.15) is 5.75 Å². The van der Waals surface area contributed by atoms with Crippen molar-refractivity contribution in [1.29, 1.82) is 0 Å². The first-order valence-electron chi connectivity index (χ1n) is 6.00. The predicted molar refractivity (Wildman–Crippen MR) is 71.7 cm³/mol. The lowest BCUT2D eigenvalue weighted by Crippen LogP contribution is -2.16. The Labute approximate surface area is 107 Å². The number of ether oxygens (including phenoxy) is 1. The minimum absolute atomic E-state index is 0.230. The molecule has 0 bridgehead atoms. The predicted octanol–water partition coefficient (Wildman–Crippen LogP) is 3.70. The molecule has 0 N–H and O–H groups in total. The largest absolute Gasteiger partial charge is 0.426 e. The first-order valence-corrected chi connectivity index (χ1v) is 6.00. The van der Waals surface area contributed by atoms with E-state index < -0.39 is 0 Å². The summed E-state index contributed by atoms with van der Waals surface area (Å²) in [7, 11) is 0. The molecule has 1 atom stereocenters. The Morgan fingerprint density at radius 2 is 1.78 bits per heavy atom. The normalized spacial score (nSPS) is 11.9. The van der Waals surface area contributed by atoms with Crippen molar-refractivity contribution >= 4 is 5.97 Å². The Morgan fingerprint density at radius 1 is 1.06 bits per heavy atom. The molecule has 0 saturated heterocycles. The summed E-state index contributed by atoms with van der Waals surface area (Å²) in [5.74, 6) is 0.0962. The van der Waals surface area contributed by atoms with Gasteiger partial charge in [-0.3, -0.25) is 4.79 Å². The van der Waals surface area contributed by atoms with Gasteiger partial charge in [0, 0.05) is 0 Å². The van der Waals surface area contributed by atoms with E-state index in [0.717, 1.165) is 11.1 Å². The number of carbonyl (C=O) groups excluding carboxylic acids is 1. The minimum atomic E-state index is -0.259. The molecule has 2 heteroatoms. The smallest absolute Gasteiger partial charge is 0.318 e. The zero-order chi connectivity index (χ0) is 13.0. The van der Waals surface area contributed by atoms with E-state index in [9.17, 15) is 4.79 Å². The molecule has 0 heterocycles. The average Bonchev–Trinajstić information content (AvgIpc) is 2.39. The van der Waals surface area contributed by atoms with Crippen LogP contribution in [0, 0.1) is 6.92 Å². The lowest BCUT2D eigenvalue weighted by Gasteiger charge is -2.12. The number of carbonyl (C=O) groups is 1. The third-order valence-electron chi connectivity index (χ3n) is 2.86. The molecule has 2 nitrogen and oxygen atoms in total. The molecule has 0 fully saturated rings. The highest BCUT2D eigenvalue weighted by atomic mass is 16.5. The minimum Gasteiger partial charge on any atom is -0.426 e. The number of esters is 1. The fraction of sp³-hybridized carbons (Fsp3) is 0.188. The number of rotatable bonds is 3. The van der Waals surface area contributed by atoms with Crippen molar-refractivity contribution in [2.75, 3.05) is 0 Å². The van der Waals surface area contributed by atoms with E-state index in [2.05, 4.69) is 0 Å². The molecular formula is C16H16O2. The number of hydrogen-bond donors (Lipinski definition) is 0. The summed E-state index contributed by atoms with van der Waals surface area (Å²) in [5, 5.41) is 0. The second-order valence-electron chi connectivity index (χ2n) is 4.37. The number of benzene rings is 2. The van der Waals surface area contributed by atoms with Crippen molar-refractivity contribution in [2.24, 2.45) is 0 Å². The third-order valence-corrected chi connectivity index (χ3v) is 2.86. The van der Waals surface area contributed by atoms with E-state index in [0.29, 0.717) is 5.75 Å². The molecule has 0 radical (unpaired) electrons. The van der Waals surface area contributed by atoms with Gasteiger partial charge in [0.2, 0.25) is 0 Å². The molecule has 18 heavy (non-hydrogen) atoms. The van der Waals surface area contributed by atoms with Gasteiger partial charge in [-0.15, -0.1) is 0 Å². The highest BCUT2D eigenvalue weighted by Gasteiger charge is 2.17. The average molecular weight is 240 g/mol. The van der Waals surface area contributed by atoms with Crippen LogP contribution in [-0.4, -0.2) is 5.97 Å². The molecule has 0 aliphatic rings. The summed E-state index contributed by atoms with van der Waals surface area (Å²) in [6.07, 6.45) is 0. The Morgan fingerprint density at radius 3 is 2.44 bits per heavy atom. The Bertz CT molecular complexity index is 532. The maximum atomic E-state index is 12.0. The molecule has 0 aromatic heterocycles. The molecule has 2 aromatic carbocycles. The molecule has 92 valence electrons. The lowest BCUT2D eigenvalue weighted by molar-refractivity contribution is -0.135. The van der Waals surface area contributed by atoms with Crippen LogP contribution in [-0.2, 0) is 4.79 Å². The van der Waals surface area contributed by atoms with Crippen LogP contribution in [0.15, 0.2) is 54.6 Å². The molecular weight excluding hydrogens is 224 g/mol. The van der Waals surface area contributed by atoms with Gasteiger partial charge >= 0.3 is 5.97 Å². The van der Waals surface area contributed by atoms with E-state index in [1.807, 2.05) is 56.3 Å². The number of para-hydroxylation sites is 1. The Hall–Kier alpha value is -2.09. The van der Waals surface area contributed by atoms with Crippen molar-refractivity contribution < 1.29 is 9.53 Å². The molecule has 0 spiro atoms. The quantitative estimate of drug-likeness (QED) is 0.604. The Kier molecular flexibility index (Phi) is 3.78. The summed E-state index contributed by atoms with van der Waals surface area (Å²) in [4.78, 5) is 12.0. The number of aryl methyl sites for hydroxylation is 1. The van der Waals surface area contributed by atoms with Gasteiger partial charge < -0.3 is 4.74 Å². The fourth-order valence-corrected chi connectivity index (χ4v) is 1.77. The second kappa shape index (κ2) is 5.50. The van der Waals surface area contributed by atoms with Crippen molar-refractivity contribution in [3.63, 3.8) is 0 Å². The van der Waals surface area contributed by atoms with Gasteiger partial charge in [-0.1, -0.05) is 48.0 Å². The van der Waals surface area contributed by atoms with Crippen molar-refractivity contribution in [2.45, 2.75) is 19.8 Å². The van der Waals surface area contributed by atoms with E-state index >= 15 is 0 Å². The summed E-state index contributed by atoms with van der Waals surface area (Å²) in [5.41, 5.74) is 2.13. The van der Waals surface area contributed by atoms with Gasteiger partial charge in [0.25, 0.3) is 0 Å². The van der Waals surface area contributed by atoms with Crippen LogP contribution < -0.4 is 4.74 Å². The molecule has 0 aliphatic carbocycles.